The zero-order valence-corrected chi connectivity index (χ0v) is 13.7. The fraction of sp³-hybridized carbons (Fsp3) is 0.933. The van der Waals surface area contributed by atoms with Crippen molar-refractivity contribution in [1.82, 2.24) is 10.6 Å². The van der Waals surface area contributed by atoms with Crippen LogP contribution in [0, 0.1) is 5.92 Å². The third kappa shape index (κ3) is 13.6. The maximum atomic E-state index is 5.53. The summed E-state index contributed by atoms with van der Waals surface area (Å²) >= 11 is 0. The van der Waals surface area contributed by atoms with E-state index in [0.717, 1.165) is 64.7 Å². The molecule has 5 heteroatoms. The third-order valence-corrected chi connectivity index (χ3v) is 2.64. The number of nitrogens with one attached hydrogen (secondary N) is 2. The van der Waals surface area contributed by atoms with Crippen LogP contribution in [0.2, 0.25) is 0 Å². The van der Waals surface area contributed by atoms with Crippen LogP contribution in [-0.2, 0) is 9.47 Å². The Balaban J connectivity index is 3.39. The standard InChI is InChI=1S/C15H33N3O2/c1-5-19-11-7-6-9-17-15(16-4)18-10-8-12-20-13-14(2)3/h14H,5-13H2,1-4H3,(H2,16,17,18). The smallest absolute Gasteiger partial charge is 0.190 e. The molecular formula is C15H33N3O2. The second-order valence-corrected chi connectivity index (χ2v) is 5.15. The lowest BCUT2D eigenvalue weighted by atomic mass is 10.2. The summed E-state index contributed by atoms with van der Waals surface area (Å²) in [5.74, 6) is 1.47. The van der Waals surface area contributed by atoms with Crippen molar-refractivity contribution in [2.75, 3.05) is 46.6 Å². The maximum absolute atomic E-state index is 5.53. The second-order valence-electron chi connectivity index (χ2n) is 5.15. The monoisotopic (exact) mass is 287 g/mol. The van der Waals surface area contributed by atoms with Crippen molar-refractivity contribution in [2.45, 2.75) is 40.0 Å². The van der Waals surface area contributed by atoms with Gasteiger partial charge < -0.3 is 20.1 Å². The first-order valence-corrected chi connectivity index (χ1v) is 7.80. The van der Waals surface area contributed by atoms with Gasteiger partial charge in [0, 0.05) is 46.6 Å². The normalized spacial score (nSPS) is 11.9. The summed E-state index contributed by atoms with van der Waals surface area (Å²) in [7, 11) is 1.80. The zero-order valence-electron chi connectivity index (χ0n) is 13.7. The SMILES string of the molecule is CCOCCCCNC(=NC)NCCCOCC(C)C. The van der Waals surface area contributed by atoms with E-state index in [1.54, 1.807) is 7.05 Å². The van der Waals surface area contributed by atoms with Crippen LogP contribution in [0.25, 0.3) is 0 Å². The highest BCUT2D eigenvalue weighted by Crippen LogP contribution is 1.93. The molecule has 0 aliphatic carbocycles. The van der Waals surface area contributed by atoms with E-state index in [1.165, 1.54) is 0 Å². The molecule has 120 valence electrons. The Labute approximate surface area is 124 Å². The topological polar surface area (TPSA) is 54.9 Å². The molecule has 5 nitrogen and oxygen atoms in total. The minimum Gasteiger partial charge on any atom is -0.382 e. The average molecular weight is 287 g/mol. The highest BCUT2D eigenvalue weighted by atomic mass is 16.5. The molecule has 0 aromatic rings. The molecule has 0 spiro atoms. The Bertz CT molecular complexity index is 233. The van der Waals surface area contributed by atoms with E-state index < -0.39 is 0 Å². The van der Waals surface area contributed by atoms with Crippen LogP contribution in [0.5, 0.6) is 0 Å². The van der Waals surface area contributed by atoms with Crippen LogP contribution < -0.4 is 10.6 Å². The minimum absolute atomic E-state index is 0.606. The first-order valence-electron chi connectivity index (χ1n) is 7.80. The predicted molar refractivity (Wildman–Crippen MR) is 85.4 cm³/mol. The van der Waals surface area contributed by atoms with Crippen molar-refractivity contribution in [1.29, 1.82) is 0 Å². The molecule has 0 rings (SSSR count). The number of nitrogens with zero attached hydrogens (tertiary/aromatic N) is 1. The first kappa shape index (κ1) is 19.2. The highest BCUT2D eigenvalue weighted by Gasteiger charge is 1.97. The number of hydrogen-bond donors (Lipinski definition) is 2. The van der Waals surface area contributed by atoms with Gasteiger partial charge in [-0.3, -0.25) is 4.99 Å². The summed E-state index contributed by atoms with van der Waals surface area (Å²) < 4.78 is 10.8. The van der Waals surface area contributed by atoms with E-state index in [-0.39, 0.29) is 0 Å². The molecule has 0 aliphatic rings. The summed E-state index contributed by atoms with van der Waals surface area (Å²) in [4.78, 5) is 4.19. The predicted octanol–water partition coefficient (Wildman–Crippen LogP) is 2.03. The molecule has 20 heavy (non-hydrogen) atoms. The molecule has 0 aromatic carbocycles. The molecule has 0 saturated carbocycles. The van der Waals surface area contributed by atoms with Crippen LogP contribution in [-0.4, -0.2) is 52.5 Å². The number of rotatable bonds is 12. The van der Waals surface area contributed by atoms with Crippen LogP contribution >= 0.6 is 0 Å². The summed E-state index contributed by atoms with van der Waals surface area (Å²) in [6.07, 6.45) is 3.18. The second kappa shape index (κ2) is 14.6. The first-order chi connectivity index (χ1) is 9.70. The van der Waals surface area contributed by atoms with Gasteiger partial charge in [-0.25, -0.2) is 0 Å². The molecular weight excluding hydrogens is 254 g/mol. The van der Waals surface area contributed by atoms with Gasteiger partial charge in [-0.15, -0.1) is 0 Å². The minimum atomic E-state index is 0.606. The third-order valence-electron chi connectivity index (χ3n) is 2.64. The lowest BCUT2D eigenvalue weighted by Crippen LogP contribution is -2.38. The van der Waals surface area contributed by atoms with Crippen LogP contribution in [0.3, 0.4) is 0 Å². The van der Waals surface area contributed by atoms with E-state index in [4.69, 9.17) is 9.47 Å². The molecule has 0 radical (unpaired) electrons. The van der Waals surface area contributed by atoms with Gasteiger partial charge in [0.1, 0.15) is 0 Å². The largest absolute Gasteiger partial charge is 0.382 e. The van der Waals surface area contributed by atoms with Crippen LogP contribution in [0.4, 0.5) is 0 Å². The Morgan fingerprint density at radius 1 is 1.00 bits per heavy atom. The number of guanidine groups is 1. The molecule has 0 fully saturated rings. The Hall–Kier alpha value is -0.810. The van der Waals surface area contributed by atoms with Gasteiger partial charge in [0.25, 0.3) is 0 Å². The molecule has 0 aromatic heterocycles. The van der Waals surface area contributed by atoms with E-state index in [0.29, 0.717) is 5.92 Å². The summed E-state index contributed by atoms with van der Waals surface area (Å²) in [6.45, 7) is 11.4. The van der Waals surface area contributed by atoms with Crippen molar-refractivity contribution >= 4 is 5.96 Å². The fourth-order valence-electron chi connectivity index (χ4n) is 1.60. The van der Waals surface area contributed by atoms with Gasteiger partial charge in [-0.05, 0) is 32.1 Å². The maximum Gasteiger partial charge on any atom is 0.190 e. The lowest BCUT2D eigenvalue weighted by molar-refractivity contribution is 0.108. The van der Waals surface area contributed by atoms with Gasteiger partial charge in [0.2, 0.25) is 0 Å². The Kier molecular flexibility index (Phi) is 14.0. The molecule has 0 unspecified atom stereocenters. The van der Waals surface area contributed by atoms with E-state index in [2.05, 4.69) is 29.5 Å². The summed E-state index contributed by atoms with van der Waals surface area (Å²) in [6, 6.07) is 0. The zero-order chi connectivity index (χ0) is 15.1. The summed E-state index contributed by atoms with van der Waals surface area (Å²) in [5, 5.41) is 6.59. The van der Waals surface area contributed by atoms with Gasteiger partial charge >= 0.3 is 0 Å². The van der Waals surface area contributed by atoms with E-state index in [1.807, 2.05) is 6.92 Å². The number of hydrogen-bond acceptors (Lipinski definition) is 3. The van der Waals surface area contributed by atoms with Gasteiger partial charge in [-0.1, -0.05) is 13.8 Å². The molecule has 2 N–H and O–H groups in total. The van der Waals surface area contributed by atoms with Crippen LogP contribution in [0.15, 0.2) is 4.99 Å². The lowest BCUT2D eigenvalue weighted by Gasteiger charge is -2.12. The van der Waals surface area contributed by atoms with Crippen molar-refractivity contribution < 1.29 is 9.47 Å². The van der Waals surface area contributed by atoms with Crippen molar-refractivity contribution in [3.05, 3.63) is 0 Å². The number of ether oxygens (including phenoxy) is 2. The Morgan fingerprint density at radius 3 is 2.25 bits per heavy atom. The van der Waals surface area contributed by atoms with E-state index in [9.17, 15) is 0 Å². The molecule has 0 heterocycles. The van der Waals surface area contributed by atoms with Crippen LogP contribution in [0.1, 0.15) is 40.0 Å². The quantitative estimate of drug-likeness (QED) is 0.328. The Morgan fingerprint density at radius 2 is 1.65 bits per heavy atom. The highest BCUT2D eigenvalue weighted by molar-refractivity contribution is 5.79. The summed E-state index contributed by atoms with van der Waals surface area (Å²) in [5.41, 5.74) is 0. The fourth-order valence-corrected chi connectivity index (χ4v) is 1.60. The average Bonchev–Trinajstić information content (AvgIpc) is 2.43. The van der Waals surface area contributed by atoms with Gasteiger partial charge in [0.05, 0.1) is 0 Å². The molecule has 0 saturated heterocycles. The van der Waals surface area contributed by atoms with Gasteiger partial charge in [-0.2, -0.15) is 0 Å². The van der Waals surface area contributed by atoms with Crippen molar-refractivity contribution in [2.24, 2.45) is 10.9 Å². The molecule has 0 amide bonds. The molecule has 0 atom stereocenters. The number of unbranched alkanes of at least 4 members (excludes halogenated alkanes) is 1. The number of aliphatic imine (C=N–C) groups is 1. The molecule has 0 aliphatic heterocycles. The van der Waals surface area contributed by atoms with E-state index >= 15 is 0 Å². The molecule has 0 bridgehead atoms. The van der Waals surface area contributed by atoms with Crippen molar-refractivity contribution in [3.63, 3.8) is 0 Å². The van der Waals surface area contributed by atoms with Gasteiger partial charge in [0.15, 0.2) is 5.96 Å². The van der Waals surface area contributed by atoms with Crippen molar-refractivity contribution in [3.8, 4) is 0 Å².